The Morgan fingerprint density at radius 2 is 1.60 bits per heavy atom. The Labute approximate surface area is 94.6 Å². The van der Waals surface area contributed by atoms with Crippen LogP contribution in [-0.2, 0) is 4.79 Å². The van der Waals surface area contributed by atoms with E-state index >= 15 is 0 Å². The van der Waals surface area contributed by atoms with Crippen molar-refractivity contribution in [1.29, 1.82) is 0 Å². The minimum Gasteiger partial charge on any atom is -0.300 e. The Kier molecular flexibility index (Phi) is 3.97. The van der Waals surface area contributed by atoms with Gasteiger partial charge in [-0.15, -0.1) is 0 Å². The van der Waals surface area contributed by atoms with E-state index in [2.05, 4.69) is 27.7 Å². The summed E-state index contributed by atoms with van der Waals surface area (Å²) in [4.78, 5) is 11.8. The first kappa shape index (κ1) is 12.7. The summed E-state index contributed by atoms with van der Waals surface area (Å²) >= 11 is 0. The quantitative estimate of drug-likeness (QED) is 0.674. The molecule has 0 atom stereocenters. The third-order valence-electron chi connectivity index (χ3n) is 3.66. The lowest BCUT2D eigenvalue weighted by Crippen LogP contribution is -2.37. The smallest absolute Gasteiger partial charge is 0.133 e. The normalized spacial score (nSPS) is 24.1. The van der Waals surface area contributed by atoms with E-state index in [4.69, 9.17) is 0 Å². The number of hydrogen-bond acceptors (Lipinski definition) is 1. The first-order chi connectivity index (χ1) is 6.93. The molecule has 0 heterocycles. The minimum absolute atomic E-state index is 0.236. The predicted molar refractivity (Wildman–Crippen MR) is 64.9 cm³/mol. The maximum Gasteiger partial charge on any atom is 0.133 e. The number of hydrogen-bond donors (Lipinski definition) is 0. The molecular weight excluding hydrogens is 184 g/mol. The average Bonchev–Trinajstić information content (AvgIpc) is 1.99. The first-order valence-electron chi connectivity index (χ1n) is 6.45. The maximum atomic E-state index is 11.8. The van der Waals surface area contributed by atoms with E-state index in [0.29, 0.717) is 11.2 Å². The van der Waals surface area contributed by atoms with Crippen molar-refractivity contribution in [3.8, 4) is 0 Å². The van der Waals surface area contributed by atoms with Gasteiger partial charge in [0.2, 0.25) is 0 Å². The van der Waals surface area contributed by atoms with Crippen molar-refractivity contribution in [2.75, 3.05) is 0 Å². The highest BCUT2D eigenvalue weighted by molar-refractivity contribution is 5.80. The van der Waals surface area contributed by atoms with Crippen LogP contribution in [-0.4, -0.2) is 5.78 Å². The van der Waals surface area contributed by atoms with Crippen LogP contribution in [0.25, 0.3) is 0 Å². The van der Waals surface area contributed by atoms with E-state index in [9.17, 15) is 4.79 Å². The molecule has 1 aliphatic rings. The highest BCUT2D eigenvalue weighted by Gasteiger charge is 2.42. The monoisotopic (exact) mass is 210 g/mol. The van der Waals surface area contributed by atoms with E-state index in [1.807, 2.05) is 0 Å². The van der Waals surface area contributed by atoms with Gasteiger partial charge in [-0.3, -0.25) is 4.79 Å². The zero-order valence-electron chi connectivity index (χ0n) is 10.9. The topological polar surface area (TPSA) is 17.1 Å². The molecule has 0 saturated heterocycles. The zero-order chi connectivity index (χ0) is 11.5. The third-order valence-corrected chi connectivity index (χ3v) is 3.66. The zero-order valence-corrected chi connectivity index (χ0v) is 10.9. The van der Waals surface area contributed by atoms with Gasteiger partial charge in [0, 0.05) is 12.8 Å². The van der Waals surface area contributed by atoms with Crippen molar-refractivity contribution in [2.45, 2.75) is 72.6 Å². The van der Waals surface area contributed by atoms with Crippen LogP contribution in [0.1, 0.15) is 72.6 Å². The molecule has 0 radical (unpaired) electrons. The van der Waals surface area contributed by atoms with Gasteiger partial charge in [0.05, 0.1) is 0 Å². The van der Waals surface area contributed by atoms with Gasteiger partial charge in [-0.05, 0) is 30.1 Å². The lowest BCUT2D eigenvalue weighted by atomic mass is 9.60. The van der Waals surface area contributed by atoms with Gasteiger partial charge in [0.15, 0.2) is 0 Å². The van der Waals surface area contributed by atoms with Crippen LogP contribution in [0.4, 0.5) is 0 Å². The van der Waals surface area contributed by atoms with Crippen LogP contribution >= 0.6 is 0 Å². The van der Waals surface area contributed by atoms with E-state index in [0.717, 1.165) is 12.8 Å². The van der Waals surface area contributed by atoms with Gasteiger partial charge in [-0.25, -0.2) is 0 Å². The Morgan fingerprint density at radius 3 is 2.00 bits per heavy atom. The Balaban J connectivity index is 2.81. The molecule has 0 unspecified atom stereocenters. The van der Waals surface area contributed by atoms with Crippen molar-refractivity contribution in [2.24, 2.45) is 10.8 Å². The molecular formula is C14H26O. The molecule has 1 heteroatoms. The van der Waals surface area contributed by atoms with E-state index in [1.165, 1.54) is 32.1 Å². The molecule has 88 valence electrons. The van der Waals surface area contributed by atoms with Crippen molar-refractivity contribution < 1.29 is 4.79 Å². The summed E-state index contributed by atoms with van der Waals surface area (Å²) in [5.74, 6) is 0.494. The SMILES string of the molecule is CCCC1(CCC)CC(=O)CC(C)(C)C1. The van der Waals surface area contributed by atoms with Crippen LogP contribution in [0.3, 0.4) is 0 Å². The van der Waals surface area contributed by atoms with Crippen LogP contribution in [0.5, 0.6) is 0 Å². The average molecular weight is 210 g/mol. The molecule has 0 spiro atoms. The van der Waals surface area contributed by atoms with Crippen LogP contribution in [0.2, 0.25) is 0 Å². The molecule has 1 rings (SSSR count). The molecule has 1 nitrogen and oxygen atoms in total. The number of Topliss-reactive ketones (excluding diaryl/α,β-unsaturated/α-hetero) is 1. The van der Waals surface area contributed by atoms with Crippen molar-refractivity contribution >= 4 is 5.78 Å². The first-order valence-corrected chi connectivity index (χ1v) is 6.45. The molecule has 0 N–H and O–H groups in total. The Bertz CT molecular complexity index is 221. The summed E-state index contributed by atoms with van der Waals surface area (Å²) in [7, 11) is 0. The van der Waals surface area contributed by atoms with E-state index in [1.54, 1.807) is 0 Å². The second-order valence-corrected chi connectivity index (χ2v) is 6.23. The van der Waals surface area contributed by atoms with Gasteiger partial charge >= 0.3 is 0 Å². The highest BCUT2D eigenvalue weighted by atomic mass is 16.1. The molecule has 0 amide bonds. The summed E-state index contributed by atoms with van der Waals surface area (Å²) in [5.41, 5.74) is 0.571. The Hall–Kier alpha value is -0.330. The van der Waals surface area contributed by atoms with Crippen molar-refractivity contribution in [3.63, 3.8) is 0 Å². The van der Waals surface area contributed by atoms with Gasteiger partial charge < -0.3 is 0 Å². The molecule has 0 aromatic heterocycles. The predicted octanol–water partition coefficient (Wildman–Crippen LogP) is 4.35. The van der Waals surface area contributed by atoms with Gasteiger partial charge in [-0.2, -0.15) is 0 Å². The fourth-order valence-corrected chi connectivity index (χ4v) is 3.69. The summed E-state index contributed by atoms with van der Waals surface area (Å²) < 4.78 is 0. The Morgan fingerprint density at radius 1 is 1.07 bits per heavy atom. The van der Waals surface area contributed by atoms with Crippen LogP contribution in [0.15, 0.2) is 0 Å². The van der Waals surface area contributed by atoms with Gasteiger partial charge in [0.1, 0.15) is 5.78 Å². The molecule has 1 aliphatic carbocycles. The maximum absolute atomic E-state index is 11.8. The summed E-state index contributed by atoms with van der Waals surface area (Å²) in [6.45, 7) is 8.99. The van der Waals surface area contributed by atoms with Crippen LogP contribution < -0.4 is 0 Å². The lowest BCUT2D eigenvalue weighted by Gasteiger charge is -2.44. The summed E-state index contributed by atoms with van der Waals surface area (Å²) in [6.07, 6.45) is 7.77. The van der Waals surface area contributed by atoms with Crippen molar-refractivity contribution in [3.05, 3.63) is 0 Å². The molecule has 15 heavy (non-hydrogen) atoms. The molecule has 0 aliphatic heterocycles. The highest BCUT2D eigenvalue weighted by Crippen LogP contribution is 2.49. The standard InChI is InChI=1S/C14H26O/c1-5-7-14(8-6-2)10-12(15)9-13(3,4)11-14/h5-11H2,1-4H3. The van der Waals surface area contributed by atoms with E-state index in [-0.39, 0.29) is 5.41 Å². The van der Waals surface area contributed by atoms with Gasteiger partial charge in [-0.1, -0.05) is 40.5 Å². The number of ketones is 1. The van der Waals surface area contributed by atoms with E-state index < -0.39 is 0 Å². The van der Waals surface area contributed by atoms with Crippen molar-refractivity contribution in [1.82, 2.24) is 0 Å². The fraction of sp³-hybridized carbons (Fsp3) is 0.929. The number of rotatable bonds is 4. The lowest BCUT2D eigenvalue weighted by molar-refractivity contribution is -0.128. The largest absolute Gasteiger partial charge is 0.300 e. The molecule has 0 aromatic rings. The molecule has 1 saturated carbocycles. The molecule has 0 aromatic carbocycles. The molecule has 1 fully saturated rings. The second kappa shape index (κ2) is 4.67. The summed E-state index contributed by atoms with van der Waals surface area (Å²) in [6, 6.07) is 0. The fourth-order valence-electron chi connectivity index (χ4n) is 3.69. The minimum atomic E-state index is 0.236. The summed E-state index contributed by atoms with van der Waals surface area (Å²) in [5, 5.41) is 0. The van der Waals surface area contributed by atoms with Crippen LogP contribution in [0, 0.1) is 10.8 Å². The number of carbonyl (C=O) groups excluding carboxylic acids is 1. The van der Waals surface area contributed by atoms with Gasteiger partial charge in [0.25, 0.3) is 0 Å². The number of carbonyl (C=O) groups is 1. The molecule has 0 bridgehead atoms. The second-order valence-electron chi connectivity index (χ2n) is 6.23. The third kappa shape index (κ3) is 3.32.